The van der Waals surface area contributed by atoms with E-state index in [1.165, 1.54) is 16.0 Å². The molecule has 140 valence electrons. The average molecular weight is 376 g/mol. The molecule has 2 aromatic heterocycles. The van der Waals surface area contributed by atoms with Crippen molar-refractivity contribution in [2.24, 2.45) is 0 Å². The summed E-state index contributed by atoms with van der Waals surface area (Å²) in [5, 5.41) is 2.16. The van der Waals surface area contributed by atoms with Gasteiger partial charge in [-0.2, -0.15) is 0 Å². The van der Waals surface area contributed by atoms with Crippen molar-refractivity contribution in [2.75, 3.05) is 0 Å². The van der Waals surface area contributed by atoms with Crippen molar-refractivity contribution in [2.45, 2.75) is 59.3 Å². The number of halogens is 4. The van der Waals surface area contributed by atoms with E-state index in [0.29, 0.717) is 0 Å². The van der Waals surface area contributed by atoms with Crippen LogP contribution in [0.3, 0.4) is 0 Å². The fourth-order valence-corrected chi connectivity index (χ4v) is 2.96. The molecule has 2 aromatic rings. The van der Waals surface area contributed by atoms with Gasteiger partial charge in [0.2, 0.25) is 0 Å². The summed E-state index contributed by atoms with van der Waals surface area (Å²) in [6, 6.07) is 6.58. The highest BCUT2D eigenvalue weighted by Crippen LogP contribution is 2.36. The molecule has 7 heteroatoms. The molecular weight excluding hydrogens is 351 g/mol. The maximum atomic E-state index is 9.75. The Kier molecular flexibility index (Phi) is 6.49. The first-order valence-electron chi connectivity index (χ1n) is 8.00. The second-order valence-corrected chi connectivity index (χ2v) is 8.92. The van der Waals surface area contributed by atoms with E-state index >= 15 is 0 Å². The maximum absolute atomic E-state index is 9.75. The lowest BCUT2D eigenvalue weighted by molar-refractivity contribution is 0.329. The molecule has 25 heavy (non-hydrogen) atoms. The molecule has 2 rings (SSSR count). The Bertz CT molecular complexity index is 671. The van der Waals surface area contributed by atoms with Gasteiger partial charge in [-0.1, -0.05) is 0 Å². The molecule has 0 atom stereocenters. The van der Waals surface area contributed by atoms with Gasteiger partial charge in [0, 0.05) is 22.6 Å². The number of aryl methyl sites for hydroxylation is 1. The van der Waals surface area contributed by atoms with E-state index in [1.54, 1.807) is 11.3 Å². The quantitative estimate of drug-likeness (QED) is 0.285. The second kappa shape index (κ2) is 7.48. The highest BCUT2D eigenvalue weighted by atomic mass is 32.1. The summed E-state index contributed by atoms with van der Waals surface area (Å²) in [4.78, 5) is 1.34. The van der Waals surface area contributed by atoms with Crippen LogP contribution in [0.15, 0.2) is 28.0 Å². The second-order valence-electron chi connectivity index (χ2n) is 8.00. The number of thiophene rings is 1. The number of hydrogen-bond donors (Lipinski definition) is 0. The molecule has 0 aliphatic rings. The Morgan fingerprint density at radius 2 is 1.28 bits per heavy atom. The first-order chi connectivity index (χ1) is 11.1. The van der Waals surface area contributed by atoms with Gasteiger partial charge in [-0.05, 0) is 65.5 Å². The lowest BCUT2D eigenvalue weighted by Gasteiger charge is -2.15. The normalized spacial score (nSPS) is 12.6. The molecule has 0 spiro atoms. The number of hydrogen-bond acceptors (Lipinski definition) is 1. The Morgan fingerprint density at radius 1 is 0.880 bits per heavy atom. The van der Waals surface area contributed by atoms with Gasteiger partial charge < -0.3 is 17.3 Å². The highest BCUT2D eigenvalue weighted by Gasteiger charge is 2.34. The molecule has 0 bridgehead atoms. The van der Waals surface area contributed by atoms with Crippen LogP contribution in [0.25, 0.3) is 10.4 Å². The summed E-state index contributed by atoms with van der Waals surface area (Å²) in [6.07, 6.45) is 0. The van der Waals surface area contributed by atoms with Crippen molar-refractivity contribution in [1.29, 1.82) is 0 Å². The van der Waals surface area contributed by atoms with Gasteiger partial charge in [0.1, 0.15) is 0 Å². The summed E-state index contributed by atoms with van der Waals surface area (Å²) in [5.74, 6) is 2.10. The van der Waals surface area contributed by atoms with E-state index in [0.717, 1.165) is 11.5 Å². The predicted molar refractivity (Wildman–Crippen MR) is 98.8 cm³/mol. The monoisotopic (exact) mass is 376 g/mol. The van der Waals surface area contributed by atoms with Gasteiger partial charge in [-0.3, -0.25) is 0 Å². The Morgan fingerprint density at radius 3 is 1.56 bits per heavy atom. The highest BCUT2D eigenvalue weighted by molar-refractivity contribution is 7.13. The maximum Gasteiger partial charge on any atom is 0.673 e. The van der Waals surface area contributed by atoms with E-state index < -0.39 is 7.25 Å². The molecule has 1 nitrogen and oxygen atoms in total. The minimum Gasteiger partial charge on any atom is -0.418 e. The van der Waals surface area contributed by atoms with Crippen molar-refractivity contribution in [3.05, 3.63) is 40.7 Å². The minimum absolute atomic E-state index is 0.0151. The predicted octanol–water partition coefficient (Wildman–Crippen LogP) is 7.49. The van der Waals surface area contributed by atoms with Crippen molar-refractivity contribution >= 4 is 18.6 Å². The van der Waals surface area contributed by atoms with E-state index in [-0.39, 0.29) is 10.8 Å². The standard InChI is InChI=1S/C18H25OS.BF4/c1-12-8-9-20-16(12)13-10-14(17(2,3)4)19-15(11-13)18(5,6)7;2-1(3,4)5/h8-11H,1-7H3;/q+1;-1. The van der Waals surface area contributed by atoms with Crippen LogP contribution in [0.4, 0.5) is 17.3 Å². The van der Waals surface area contributed by atoms with Gasteiger partial charge in [0.05, 0.1) is 10.8 Å². The van der Waals surface area contributed by atoms with Gasteiger partial charge >= 0.3 is 18.8 Å². The van der Waals surface area contributed by atoms with E-state index in [1.807, 2.05) is 0 Å². The van der Waals surface area contributed by atoms with Crippen molar-refractivity contribution in [1.82, 2.24) is 0 Å². The largest absolute Gasteiger partial charge is 0.673 e. The van der Waals surface area contributed by atoms with Crippen molar-refractivity contribution in [3.63, 3.8) is 0 Å². The van der Waals surface area contributed by atoms with Crippen molar-refractivity contribution < 1.29 is 21.7 Å². The summed E-state index contributed by atoms with van der Waals surface area (Å²) in [6.45, 7) is 15.4. The zero-order valence-corrected chi connectivity index (χ0v) is 16.5. The average Bonchev–Trinajstić information content (AvgIpc) is 2.80. The van der Waals surface area contributed by atoms with Crippen LogP contribution in [-0.4, -0.2) is 7.25 Å². The molecule has 0 saturated heterocycles. The van der Waals surface area contributed by atoms with Crippen LogP contribution >= 0.6 is 11.3 Å². The summed E-state index contributed by atoms with van der Waals surface area (Å²) >= 11 is 1.80. The Hall–Kier alpha value is -1.37. The third-order valence-corrected chi connectivity index (χ3v) is 4.46. The third kappa shape index (κ3) is 7.18. The van der Waals surface area contributed by atoms with Gasteiger partial charge in [-0.25, -0.2) is 4.42 Å². The topological polar surface area (TPSA) is 11.3 Å². The van der Waals surface area contributed by atoms with Crippen LogP contribution in [-0.2, 0) is 10.8 Å². The molecule has 0 aliphatic carbocycles. The van der Waals surface area contributed by atoms with Gasteiger partial charge in [0.15, 0.2) is 0 Å². The molecule has 0 aliphatic heterocycles. The van der Waals surface area contributed by atoms with E-state index in [4.69, 9.17) is 4.42 Å². The lowest BCUT2D eigenvalue weighted by atomic mass is 9.88. The number of rotatable bonds is 1. The zero-order valence-electron chi connectivity index (χ0n) is 15.7. The summed E-state index contributed by atoms with van der Waals surface area (Å²) < 4.78 is 45.2. The molecule has 0 unspecified atom stereocenters. The Balaban J connectivity index is 0.000000550. The van der Waals surface area contributed by atoms with Gasteiger partial charge in [0.25, 0.3) is 0 Å². The molecule has 0 radical (unpaired) electrons. The van der Waals surface area contributed by atoms with Gasteiger partial charge in [-0.15, -0.1) is 11.3 Å². The van der Waals surface area contributed by atoms with Crippen LogP contribution in [0.5, 0.6) is 0 Å². The third-order valence-electron chi connectivity index (χ3n) is 3.40. The van der Waals surface area contributed by atoms with Crippen LogP contribution in [0.1, 0.15) is 58.6 Å². The van der Waals surface area contributed by atoms with Crippen LogP contribution in [0.2, 0.25) is 0 Å². The molecule has 0 saturated carbocycles. The van der Waals surface area contributed by atoms with Crippen LogP contribution in [0, 0.1) is 6.92 Å². The molecule has 0 amide bonds. The zero-order chi connectivity index (χ0) is 19.6. The Labute approximate surface area is 151 Å². The van der Waals surface area contributed by atoms with E-state index in [9.17, 15) is 17.3 Å². The lowest BCUT2D eigenvalue weighted by Crippen LogP contribution is -2.16. The molecule has 0 aromatic carbocycles. The summed E-state index contributed by atoms with van der Waals surface area (Å²) in [7, 11) is -6.00. The minimum atomic E-state index is -6.00. The molecule has 2 heterocycles. The molecule has 0 fully saturated rings. The fraction of sp³-hybridized carbons (Fsp3) is 0.500. The van der Waals surface area contributed by atoms with Crippen LogP contribution < -0.4 is 0 Å². The van der Waals surface area contributed by atoms with E-state index in [2.05, 4.69) is 72.0 Å². The molecule has 0 N–H and O–H groups in total. The summed E-state index contributed by atoms with van der Waals surface area (Å²) in [5.41, 5.74) is 2.64. The SMILES string of the molecule is Cc1ccsc1-c1cc(C(C)(C)C)[o+]c(C(C)(C)C)c1.F[B-](F)(F)F. The molecular formula is C18H25BF4OS. The fourth-order valence-electron chi connectivity index (χ4n) is 2.04. The van der Waals surface area contributed by atoms with Crippen molar-refractivity contribution in [3.8, 4) is 10.4 Å². The smallest absolute Gasteiger partial charge is 0.418 e. The first kappa shape index (κ1) is 21.7. The first-order valence-corrected chi connectivity index (χ1v) is 8.88.